The summed E-state index contributed by atoms with van der Waals surface area (Å²) in [7, 11) is -3.58. The first-order valence-corrected chi connectivity index (χ1v) is 12.2. The van der Waals surface area contributed by atoms with Gasteiger partial charge in [0.2, 0.25) is 10.0 Å². The highest BCUT2D eigenvalue weighted by atomic mass is 32.2. The molecule has 2 aromatic rings. The molecule has 8 heteroatoms. The number of benzene rings is 1. The van der Waals surface area contributed by atoms with Crippen LogP contribution >= 0.6 is 0 Å². The lowest BCUT2D eigenvalue weighted by Crippen LogP contribution is -2.56. The molecule has 1 amide bonds. The van der Waals surface area contributed by atoms with E-state index in [1.54, 1.807) is 34.6 Å². The molecule has 2 heterocycles. The van der Waals surface area contributed by atoms with E-state index in [0.29, 0.717) is 35.9 Å². The van der Waals surface area contributed by atoms with Crippen LogP contribution in [0.5, 0.6) is 0 Å². The van der Waals surface area contributed by atoms with Gasteiger partial charge in [-0.25, -0.2) is 8.42 Å². The van der Waals surface area contributed by atoms with Crippen LogP contribution in [-0.2, 0) is 10.0 Å². The number of nitrogens with one attached hydrogen (secondary N) is 1. The molecule has 1 aromatic heterocycles. The Morgan fingerprint density at radius 2 is 1.93 bits per heavy atom. The van der Waals surface area contributed by atoms with Crippen LogP contribution < -0.4 is 5.32 Å². The Morgan fingerprint density at radius 1 is 1.20 bits per heavy atom. The summed E-state index contributed by atoms with van der Waals surface area (Å²) >= 11 is 0. The van der Waals surface area contributed by atoms with E-state index in [4.69, 9.17) is 4.52 Å². The predicted molar refractivity (Wildman–Crippen MR) is 113 cm³/mol. The van der Waals surface area contributed by atoms with Crippen LogP contribution in [-0.4, -0.2) is 42.4 Å². The number of hydrogen-bond acceptors (Lipinski definition) is 5. The van der Waals surface area contributed by atoms with E-state index >= 15 is 0 Å². The average molecular weight is 432 g/mol. The molecule has 2 aliphatic rings. The smallest absolute Gasteiger partial charge is 0.273 e. The van der Waals surface area contributed by atoms with Gasteiger partial charge in [0.25, 0.3) is 5.91 Å². The number of carbonyl (C=O) groups is 1. The SMILES string of the molecule is CCC1CN(S(=O)(=O)c2ccccc2)C(CC)CC1NC(=O)c1cc(C2CC2)on1. The maximum atomic E-state index is 13.3. The van der Waals surface area contributed by atoms with E-state index in [-0.39, 0.29) is 23.9 Å². The summed E-state index contributed by atoms with van der Waals surface area (Å²) in [5, 5.41) is 7.04. The van der Waals surface area contributed by atoms with Crippen molar-refractivity contribution in [1.82, 2.24) is 14.8 Å². The molecule has 7 nitrogen and oxygen atoms in total. The van der Waals surface area contributed by atoms with Gasteiger partial charge in [0.1, 0.15) is 5.76 Å². The van der Waals surface area contributed by atoms with Crippen LogP contribution in [0, 0.1) is 5.92 Å². The predicted octanol–water partition coefficient (Wildman–Crippen LogP) is 3.55. The third-order valence-corrected chi connectivity index (χ3v) is 8.25. The maximum absolute atomic E-state index is 13.3. The van der Waals surface area contributed by atoms with Gasteiger partial charge in [0, 0.05) is 30.6 Å². The number of amides is 1. The summed E-state index contributed by atoms with van der Waals surface area (Å²) in [6.45, 7) is 4.41. The van der Waals surface area contributed by atoms with E-state index in [9.17, 15) is 13.2 Å². The molecule has 0 radical (unpaired) electrons. The molecule has 4 rings (SSSR count). The first kappa shape index (κ1) is 21.1. The number of piperidine rings is 1. The average Bonchev–Trinajstić information content (AvgIpc) is 3.50. The van der Waals surface area contributed by atoms with E-state index in [1.165, 1.54) is 0 Å². The van der Waals surface area contributed by atoms with Crippen molar-refractivity contribution in [1.29, 1.82) is 0 Å². The van der Waals surface area contributed by atoms with Crippen LogP contribution in [0.1, 0.15) is 68.1 Å². The van der Waals surface area contributed by atoms with Crippen LogP contribution in [0.25, 0.3) is 0 Å². The van der Waals surface area contributed by atoms with Gasteiger partial charge in [-0.1, -0.05) is 43.6 Å². The van der Waals surface area contributed by atoms with Gasteiger partial charge in [-0.2, -0.15) is 4.31 Å². The summed E-state index contributed by atoms with van der Waals surface area (Å²) in [6, 6.07) is 10.0. The lowest BCUT2D eigenvalue weighted by Gasteiger charge is -2.43. The van der Waals surface area contributed by atoms with E-state index in [1.807, 2.05) is 19.9 Å². The lowest BCUT2D eigenvalue weighted by molar-refractivity contribution is 0.0846. The fourth-order valence-corrected chi connectivity index (χ4v) is 6.08. The normalized spacial score (nSPS) is 25.2. The van der Waals surface area contributed by atoms with E-state index in [0.717, 1.165) is 25.0 Å². The molecule has 1 aliphatic carbocycles. The molecule has 3 atom stereocenters. The summed E-state index contributed by atoms with van der Waals surface area (Å²) < 4.78 is 33.4. The third kappa shape index (κ3) is 4.16. The molecule has 1 N–H and O–H groups in total. The standard InChI is InChI=1S/C22H29N3O4S/c1-3-15-14-25(30(27,28)18-8-6-5-7-9-18)17(4-2)12-19(15)23-22(26)20-13-21(29-24-20)16-10-11-16/h5-9,13,15-17,19H,3-4,10-12,14H2,1-2H3,(H,23,26). The van der Waals surface area contributed by atoms with Crippen molar-refractivity contribution >= 4 is 15.9 Å². The Morgan fingerprint density at radius 3 is 2.57 bits per heavy atom. The molecule has 3 unspecified atom stereocenters. The molecule has 2 fully saturated rings. The molecular formula is C22H29N3O4S. The van der Waals surface area contributed by atoms with Crippen molar-refractivity contribution in [2.45, 2.75) is 68.8 Å². The van der Waals surface area contributed by atoms with Gasteiger partial charge in [-0.05, 0) is 43.7 Å². The van der Waals surface area contributed by atoms with Crippen molar-refractivity contribution in [3.05, 3.63) is 47.9 Å². The molecule has 1 saturated carbocycles. The Balaban J connectivity index is 1.50. The molecule has 1 saturated heterocycles. The van der Waals surface area contributed by atoms with Gasteiger partial charge in [0.05, 0.1) is 4.90 Å². The molecule has 1 aromatic carbocycles. The highest BCUT2D eigenvalue weighted by molar-refractivity contribution is 7.89. The van der Waals surface area contributed by atoms with Gasteiger partial charge >= 0.3 is 0 Å². The Bertz CT molecular complexity index is 985. The topological polar surface area (TPSA) is 92.5 Å². The van der Waals surface area contributed by atoms with Crippen molar-refractivity contribution in [3.8, 4) is 0 Å². The monoisotopic (exact) mass is 431 g/mol. The molecule has 0 spiro atoms. The van der Waals surface area contributed by atoms with Crippen molar-refractivity contribution in [3.63, 3.8) is 0 Å². The number of nitrogens with zero attached hydrogens (tertiary/aromatic N) is 2. The fraction of sp³-hybridized carbons (Fsp3) is 0.545. The second-order valence-corrected chi connectivity index (χ2v) is 10.2. The second kappa shape index (κ2) is 8.51. The maximum Gasteiger partial charge on any atom is 0.273 e. The summed E-state index contributed by atoms with van der Waals surface area (Å²) in [6.07, 6.45) is 4.21. The minimum atomic E-state index is -3.58. The zero-order valence-electron chi connectivity index (χ0n) is 17.5. The van der Waals surface area contributed by atoms with Crippen LogP contribution in [0.2, 0.25) is 0 Å². The van der Waals surface area contributed by atoms with Crippen molar-refractivity contribution in [2.24, 2.45) is 5.92 Å². The zero-order valence-corrected chi connectivity index (χ0v) is 18.3. The van der Waals surface area contributed by atoms with Crippen molar-refractivity contribution in [2.75, 3.05) is 6.54 Å². The van der Waals surface area contributed by atoms with Gasteiger partial charge < -0.3 is 9.84 Å². The highest BCUT2D eigenvalue weighted by Gasteiger charge is 2.41. The van der Waals surface area contributed by atoms with E-state index in [2.05, 4.69) is 10.5 Å². The molecule has 1 aliphatic heterocycles. The number of rotatable bonds is 7. The summed E-state index contributed by atoms with van der Waals surface area (Å²) in [4.78, 5) is 13.1. The number of hydrogen-bond donors (Lipinski definition) is 1. The summed E-state index contributed by atoms with van der Waals surface area (Å²) in [5.74, 6) is 0.967. The van der Waals surface area contributed by atoms with Crippen LogP contribution in [0.4, 0.5) is 0 Å². The Kier molecular flexibility index (Phi) is 5.97. The molecular weight excluding hydrogens is 402 g/mol. The minimum Gasteiger partial charge on any atom is -0.360 e. The zero-order chi connectivity index (χ0) is 21.3. The Labute approximate surface area is 177 Å². The van der Waals surface area contributed by atoms with Crippen molar-refractivity contribution < 1.29 is 17.7 Å². The van der Waals surface area contributed by atoms with Gasteiger partial charge in [-0.3, -0.25) is 4.79 Å². The fourth-order valence-electron chi connectivity index (χ4n) is 4.29. The summed E-state index contributed by atoms with van der Waals surface area (Å²) in [5.41, 5.74) is 0.305. The minimum absolute atomic E-state index is 0.0324. The van der Waals surface area contributed by atoms with Crippen LogP contribution in [0.3, 0.4) is 0 Å². The molecule has 162 valence electrons. The van der Waals surface area contributed by atoms with Gasteiger partial charge in [-0.15, -0.1) is 0 Å². The Hall–Kier alpha value is -2.19. The largest absolute Gasteiger partial charge is 0.360 e. The van der Waals surface area contributed by atoms with Gasteiger partial charge in [0.15, 0.2) is 5.69 Å². The lowest BCUT2D eigenvalue weighted by atomic mass is 9.86. The van der Waals surface area contributed by atoms with Crippen LogP contribution in [0.15, 0.2) is 45.8 Å². The number of carbonyl (C=O) groups excluding carboxylic acids is 1. The molecule has 0 bridgehead atoms. The first-order valence-electron chi connectivity index (χ1n) is 10.8. The first-order chi connectivity index (χ1) is 14.4. The van der Waals surface area contributed by atoms with E-state index < -0.39 is 10.0 Å². The third-order valence-electron chi connectivity index (χ3n) is 6.32. The highest BCUT2D eigenvalue weighted by Crippen LogP contribution is 2.40. The second-order valence-electron chi connectivity index (χ2n) is 8.32. The number of sulfonamides is 1. The quantitative estimate of drug-likeness (QED) is 0.724. The molecule has 30 heavy (non-hydrogen) atoms. The number of aromatic nitrogens is 1.